The van der Waals surface area contributed by atoms with Crippen molar-refractivity contribution in [2.24, 2.45) is 5.73 Å². The second-order valence-corrected chi connectivity index (χ2v) is 7.72. The summed E-state index contributed by atoms with van der Waals surface area (Å²) in [6, 6.07) is 6.74. The molecule has 0 bridgehead atoms. The van der Waals surface area contributed by atoms with E-state index in [1.807, 2.05) is 0 Å². The second-order valence-electron chi connectivity index (χ2n) is 4.57. The monoisotopic (exact) mass is 310 g/mol. The van der Waals surface area contributed by atoms with Gasteiger partial charge in [0, 0.05) is 24.4 Å². The van der Waals surface area contributed by atoms with Crippen LogP contribution in [0.15, 0.2) is 29.2 Å². The van der Waals surface area contributed by atoms with Crippen LogP contribution in [0.4, 0.5) is 0 Å². The summed E-state index contributed by atoms with van der Waals surface area (Å²) in [4.78, 5) is 0.315. The molecule has 0 radical (unpaired) electrons. The van der Waals surface area contributed by atoms with Gasteiger partial charge in [-0.3, -0.25) is 0 Å². The first kappa shape index (κ1) is 15.4. The first-order chi connectivity index (χ1) is 9.55. The number of hydrogen-bond donors (Lipinski definition) is 1. The highest BCUT2D eigenvalue weighted by atomic mass is 32.2. The number of nitrogens with zero attached hydrogens (tertiary/aromatic N) is 1. The predicted molar refractivity (Wildman–Crippen MR) is 83.1 cm³/mol. The van der Waals surface area contributed by atoms with Gasteiger partial charge in [0.05, 0.1) is 11.4 Å². The van der Waals surface area contributed by atoms with E-state index in [0.717, 1.165) is 23.5 Å². The van der Waals surface area contributed by atoms with E-state index in [2.05, 4.69) is 11.8 Å². The van der Waals surface area contributed by atoms with Crippen molar-refractivity contribution < 1.29 is 8.42 Å². The fourth-order valence-electron chi connectivity index (χ4n) is 2.03. The van der Waals surface area contributed by atoms with E-state index in [1.165, 1.54) is 4.31 Å². The molecule has 0 spiro atoms. The quantitative estimate of drug-likeness (QED) is 0.850. The predicted octanol–water partition coefficient (Wildman–Crippen LogP) is 1.12. The van der Waals surface area contributed by atoms with E-state index in [1.54, 1.807) is 43.1 Å². The molecule has 1 saturated heterocycles. The van der Waals surface area contributed by atoms with Gasteiger partial charge in [-0.05, 0) is 36.4 Å². The lowest BCUT2D eigenvalue weighted by atomic mass is 10.2. The van der Waals surface area contributed by atoms with Crippen LogP contribution < -0.4 is 5.73 Å². The molecule has 1 heterocycles. The number of thioether (sulfide) groups is 1. The number of rotatable bonds is 3. The summed E-state index contributed by atoms with van der Waals surface area (Å²) >= 11 is 1.80. The molecule has 2 N–H and O–H groups in total. The smallest absolute Gasteiger partial charge is 0.243 e. The van der Waals surface area contributed by atoms with Crippen LogP contribution in [0, 0.1) is 11.8 Å². The Morgan fingerprint density at radius 3 is 2.65 bits per heavy atom. The van der Waals surface area contributed by atoms with Crippen LogP contribution in [0.3, 0.4) is 0 Å². The van der Waals surface area contributed by atoms with Crippen LogP contribution in [0.2, 0.25) is 0 Å². The van der Waals surface area contributed by atoms with Crippen LogP contribution >= 0.6 is 11.8 Å². The topological polar surface area (TPSA) is 63.4 Å². The largest absolute Gasteiger partial charge is 0.320 e. The normalized spacial score (nSPS) is 18.9. The Hall–Kier alpha value is -1.00. The third-order valence-electron chi connectivity index (χ3n) is 3.29. The van der Waals surface area contributed by atoms with Gasteiger partial charge >= 0.3 is 0 Å². The molecule has 6 heteroatoms. The molecule has 1 aromatic rings. The zero-order valence-electron chi connectivity index (χ0n) is 11.4. The maximum Gasteiger partial charge on any atom is 0.243 e. The summed E-state index contributed by atoms with van der Waals surface area (Å²) in [6.45, 7) is 0.294. The lowest BCUT2D eigenvalue weighted by Crippen LogP contribution is -2.36. The Balaban J connectivity index is 2.20. The highest BCUT2D eigenvalue weighted by molar-refractivity contribution is 7.99. The van der Waals surface area contributed by atoms with Gasteiger partial charge in [-0.2, -0.15) is 16.1 Å². The zero-order chi connectivity index (χ0) is 14.6. The molecule has 2 rings (SSSR count). The number of benzene rings is 1. The third kappa shape index (κ3) is 3.36. The molecule has 1 atom stereocenters. The maximum atomic E-state index is 12.5. The van der Waals surface area contributed by atoms with Crippen molar-refractivity contribution in [2.45, 2.75) is 17.4 Å². The maximum absolute atomic E-state index is 12.5. The van der Waals surface area contributed by atoms with E-state index in [-0.39, 0.29) is 6.04 Å². The molecule has 0 amide bonds. The van der Waals surface area contributed by atoms with Crippen LogP contribution in [0.5, 0.6) is 0 Å². The van der Waals surface area contributed by atoms with Gasteiger partial charge in [-0.25, -0.2) is 8.42 Å². The molecule has 108 valence electrons. The van der Waals surface area contributed by atoms with Crippen LogP contribution in [-0.2, 0) is 10.0 Å². The van der Waals surface area contributed by atoms with Gasteiger partial charge in [-0.1, -0.05) is 11.8 Å². The molecule has 1 fully saturated rings. The minimum atomic E-state index is -3.41. The third-order valence-corrected chi connectivity index (χ3v) is 6.36. The highest BCUT2D eigenvalue weighted by Gasteiger charge is 2.30. The Bertz CT molecular complexity index is 609. The summed E-state index contributed by atoms with van der Waals surface area (Å²) in [5.74, 6) is 7.52. The number of sulfonamides is 1. The molecular weight excluding hydrogens is 292 g/mol. The second kappa shape index (κ2) is 6.64. The summed E-state index contributed by atoms with van der Waals surface area (Å²) in [5.41, 5.74) is 6.08. The molecule has 1 aliphatic rings. The molecule has 1 aliphatic heterocycles. The van der Waals surface area contributed by atoms with E-state index in [0.29, 0.717) is 11.4 Å². The van der Waals surface area contributed by atoms with Crippen LogP contribution in [0.25, 0.3) is 0 Å². The summed E-state index contributed by atoms with van der Waals surface area (Å²) in [6.07, 6.45) is 0.917. The van der Waals surface area contributed by atoms with E-state index < -0.39 is 10.0 Å². The minimum absolute atomic E-state index is 0.0988. The molecule has 0 saturated carbocycles. The Labute approximate surface area is 124 Å². The van der Waals surface area contributed by atoms with Gasteiger partial charge < -0.3 is 5.73 Å². The standard InChI is InChI=1S/C14H18N2O2S2/c1-16(13-8-10-19-11-13)20(17,18)14-6-4-12(5-7-14)3-2-9-15/h4-7,13H,8-11,15H2,1H3. The minimum Gasteiger partial charge on any atom is -0.320 e. The van der Waals surface area contributed by atoms with E-state index in [4.69, 9.17) is 5.73 Å². The Morgan fingerprint density at radius 2 is 2.10 bits per heavy atom. The Kier molecular flexibility index (Phi) is 5.11. The first-order valence-electron chi connectivity index (χ1n) is 6.40. The highest BCUT2D eigenvalue weighted by Crippen LogP contribution is 2.26. The first-order valence-corrected chi connectivity index (χ1v) is 9.00. The summed E-state index contributed by atoms with van der Waals surface area (Å²) in [7, 11) is -1.75. The molecule has 4 nitrogen and oxygen atoms in total. The molecular formula is C14H18N2O2S2. The number of hydrogen-bond acceptors (Lipinski definition) is 4. The van der Waals surface area contributed by atoms with Crippen LogP contribution in [0.1, 0.15) is 12.0 Å². The zero-order valence-corrected chi connectivity index (χ0v) is 13.0. The average Bonchev–Trinajstić information content (AvgIpc) is 2.98. The van der Waals surface area contributed by atoms with Gasteiger partial charge in [0.1, 0.15) is 0 Å². The van der Waals surface area contributed by atoms with Crippen molar-refractivity contribution in [3.8, 4) is 11.8 Å². The molecule has 0 aliphatic carbocycles. The van der Waals surface area contributed by atoms with Crippen molar-refractivity contribution in [1.82, 2.24) is 4.31 Å². The summed E-state index contributed by atoms with van der Waals surface area (Å²) in [5, 5.41) is 0. The fraction of sp³-hybridized carbons (Fsp3) is 0.429. The van der Waals surface area contributed by atoms with Crippen molar-refractivity contribution in [3.05, 3.63) is 29.8 Å². The van der Waals surface area contributed by atoms with E-state index >= 15 is 0 Å². The van der Waals surface area contributed by atoms with Crippen molar-refractivity contribution in [1.29, 1.82) is 0 Å². The van der Waals surface area contributed by atoms with Crippen LogP contribution in [-0.4, -0.2) is 43.9 Å². The number of nitrogens with two attached hydrogens (primary N) is 1. The van der Waals surface area contributed by atoms with Gasteiger partial charge in [0.15, 0.2) is 0 Å². The lowest BCUT2D eigenvalue weighted by Gasteiger charge is -2.23. The molecule has 20 heavy (non-hydrogen) atoms. The summed E-state index contributed by atoms with van der Waals surface area (Å²) < 4.78 is 26.5. The molecule has 0 aromatic heterocycles. The Morgan fingerprint density at radius 1 is 1.40 bits per heavy atom. The lowest BCUT2D eigenvalue weighted by molar-refractivity contribution is 0.394. The SMILES string of the molecule is CN(C1CCSC1)S(=O)(=O)c1ccc(C#CCN)cc1. The van der Waals surface area contributed by atoms with E-state index in [9.17, 15) is 8.42 Å². The van der Waals surface area contributed by atoms with Crippen molar-refractivity contribution in [3.63, 3.8) is 0 Å². The molecule has 1 unspecified atom stereocenters. The average molecular weight is 310 g/mol. The van der Waals surface area contributed by atoms with Gasteiger partial charge in [0.2, 0.25) is 10.0 Å². The fourth-order valence-corrected chi connectivity index (χ4v) is 4.78. The van der Waals surface area contributed by atoms with Crippen molar-refractivity contribution >= 4 is 21.8 Å². The van der Waals surface area contributed by atoms with Gasteiger partial charge in [0.25, 0.3) is 0 Å². The molecule has 1 aromatic carbocycles. The van der Waals surface area contributed by atoms with Gasteiger partial charge in [-0.15, -0.1) is 0 Å². The van der Waals surface area contributed by atoms with Crippen molar-refractivity contribution in [2.75, 3.05) is 25.1 Å².